The highest BCUT2D eigenvalue weighted by Crippen LogP contribution is 2.33. The van der Waals surface area contributed by atoms with E-state index in [1.165, 1.54) is 0 Å². The summed E-state index contributed by atoms with van der Waals surface area (Å²) >= 11 is 0. The molecule has 1 aromatic carbocycles. The molecule has 0 saturated carbocycles. The molecule has 1 saturated heterocycles. The largest absolute Gasteiger partial charge is 0.243 e. The molecule has 1 aliphatic heterocycles. The first kappa shape index (κ1) is 14.4. The van der Waals surface area contributed by atoms with Gasteiger partial charge in [0.2, 0.25) is 10.0 Å². The van der Waals surface area contributed by atoms with Crippen molar-refractivity contribution in [2.24, 2.45) is 10.5 Å². The summed E-state index contributed by atoms with van der Waals surface area (Å²) < 4.78 is 35.0. The Morgan fingerprint density at radius 2 is 2.05 bits per heavy atom. The van der Waals surface area contributed by atoms with E-state index in [2.05, 4.69) is 10.0 Å². The molecule has 21 heavy (non-hydrogen) atoms. The lowest BCUT2D eigenvalue weighted by molar-refractivity contribution is 0.167. The summed E-state index contributed by atoms with van der Waals surface area (Å²) in [6.45, 7) is 4.84. The van der Waals surface area contributed by atoms with Crippen molar-refractivity contribution in [3.8, 4) is 0 Å². The van der Waals surface area contributed by atoms with Gasteiger partial charge in [-0.15, -0.1) is 0 Å². The van der Waals surface area contributed by atoms with Gasteiger partial charge in [0.05, 0.1) is 10.9 Å². The van der Waals surface area contributed by atoms with Crippen LogP contribution in [0.5, 0.6) is 0 Å². The SMILES string of the molecule is [2H][C@H]1[C@H](N=[N+]=[N-])CC(C)(C)CN1S(=O)(=O)c1ccc(C)cc1. The van der Waals surface area contributed by atoms with Crippen LogP contribution >= 0.6 is 0 Å². The van der Waals surface area contributed by atoms with Crippen molar-refractivity contribution in [2.75, 3.05) is 13.1 Å². The number of rotatable bonds is 3. The molecule has 7 heteroatoms. The predicted octanol–water partition coefficient (Wildman–Crippen LogP) is 3.09. The van der Waals surface area contributed by atoms with Crippen molar-refractivity contribution in [1.29, 1.82) is 0 Å². The summed E-state index contributed by atoms with van der Waals surface area (Å²) in [6.07, 6.45) is 0.491. The Labute approximate surface area is 126 Å². The third kappa shape index (κ3) is 3.56. The van der Waals surface area contributed by atoms with Crippen LogP contribution in [0.15, 0.2) is 34.3 Å². The van der Waals surface area contributed by atoms with Crippen LogP contribution in [0.4, 0.5) is 0 Å². The molecule has 2 rings (SSSR count). The number of aryl methyl sites for hydroxylation is 1. The van der Waals surface area contributed by atoms with E-state index in [1.807, 2.05) is 20.8 Å². The molecule has 2 atom stereocenters. The summed E-state index contributed by atoms with van der Waals surface area (Å²) in [4.78, 5) is 2.92. The van der Waals surface area contributed by atoms with Gasteiger partial charge in [0.15, 0.2) is 0 Å². The predicted molar refractivity (Wildman–Crippen MR) is 81.3 cm³/mol. The molecule has 1 aromatic rings. The van der Waals surface area contributed by atoms with Crippen molar-refractivity contribution in [3.05, 3.63) is 40.3 Å². The first-order chi connectivity index (χ1) is 10.2. The molecule has 0 unspecified atom stereocenters. The molecule has 0 radical (unpaired) electrons. The minimum absolute atomic E-state index is 0.160. The molecule has 1 aliphatic rings. The van der Waals surface area contributed by atoms with E-state index in [4.69, 9.17) is 6.90 Å². The first-order valence-electron chi connectivity index (χ1n) is 7.30. The summed E-state index contributed by atoms with van der Waals surface area (Å²) in [5.41, 5.74) is 9.26. The molecule has 1 fully saturated rings. The Hall–Kier alpha value is -1.56. The Bertz CT molecular complexity index is 696. The fourth-order valence-corrected chi connectivity index (χ4v) is 4.07. The maximum Gasteiger partial charge on any atom is 0.243 e. The van der Waals surface area contributed by atoms with Crippen LogP contribution in [0.2, 0.25) is 0 Å². The van der Waals surface area contributed by atoms with Crippen molar-refractivity contribution in [1.82, 2.24) is 4.31 Å². The molecule has 6 nitrogen and oxygen atoms in total. The van der Waals surface area contributed by atoms with E-state index in [-0.39, 0.29) is 16.9 Å². The fraction of sp³-hybridized carbons (Fsp3) is 0.571. The van der Waals surface area contributed by atoms with Crippen LogP contribution in [-0.2, 0) is 10.0 Å². The number of sulfonamides is 1. The Morgan fingerprint density at radius 3 is 2.62 bits per heavy atom. The average molecular weight is 309 g/mol. The zero-order valence-corrected chi connectivity index (χ0v) is 13.2. The molecule has 0 aromatic heterocycles. The minimum atomic E-state index is -3.79. The van der Waals surface area contributed by atoms with E-state index in [0.717, 1.165) is 9.87 Å². The molecular formula is C14H20N4O2S. The molecular weight excluding hydrogens is 288 g/mol. The molecule has 0 spiro atoms. The van der Waals surface area contributed by atoms with Gasteiger partial charge in [-0.1, -0.05) is 36.7 Å². The number of hydrogen-bond acceptors (Lipinski definition) is 3. The summed E-state index contributed by atoms with van der Waals surface area (Å²) in [5.74, 6) is 0. The van der Waals surface area contributed by atoms with Gasteiger partial charge < -0.3 is 0 Å². The highest BCUT2D eigenvalue weighted by atomic mass is 32.2. The van der Waals surface area contributed by atoms with Crippen LogP contribution in [0.1, 0.15) is 27.2 Å². The summed E-state index contributed by atoms with van der Waals surface area (Å²) in [7, 11) is -3.79. The zero-order chi connectivity index (χ0) is 16.5. The summed E-state index contributed by atoms with van der Waals surface area (Å²) in [5, 5.41) is 3.62. The average Bonchev–Trinajstić information content (AvgIpc) is 2.43. The molecule has 0 N–H and O–H groups in total. The van der Waals surface area contributed by atoms with Gasteiger partial charge in [-0.05, 0) is 36.4 Å². The van der Waals surface area contributed by atoms with Gasteiger partial charge in [-0.3, -0.25) is 0 Å². The minimum Gasteiger partial charge on any atom is -0.207 e. The zero-order valence-electron chi connectivity index (χ0n) is 13.4. The summed E-state index contributed by atoms with van der Waals surface area (Å²) in [6, 6.07) is 5.86. The second-order valence-corrected chi connectivity index (χ2v) is 8.04. The van der Waals surface area contributed by atoms with Crippen LogP contribution < -0.4 is 0 Å². The Balaban J connectivity index is 2.43. The van der Waals surface area contributed by atoms with Crippen molar-refractivity contribution >= 4 is 10.0 Å². The number of azide groups is 1. The second kappa shape index (κ2) is 5.67. The Kier molecular flexibility index (Phi) is 3.89. The second-order valence-electron chi connectivity index (χ2n) is 6.15. The van der Waals surface area contributed by atoms with E-state index in [9.17, 15) is 8.42 Å². The van der Waals surface area contributed by atoms with Crippen molar-refractivity contribution in [2.45, 2.75) is 38.1 Å². The van der Waals surface area contributed by atoms with E-state index < -0.39 is 22.6 Å². The van der Waals surface area contributed by atoms with Gasteiger partial charge in [-0.25, -0.2) is 8.42 Å². The Morgan fingerprint density at radius 1 is 1.43 bits per heavy atom. The smallest absolute Gasteiger partial charge is 0.207 e. The maximum absolute atomic E-state index is 12.8. The molecule has 0 amide bonds. The highest BCUT2D eigenvalue weighted by molar-refractivity contribution is 7.89. The molecule has 0 aliphatic carbocycles. The van der Waals surface area contributed by atoms with Gasteiger partial charge in [0.25, 0.3) is 0 Å². The van der Waals surface area contributed by atoms with E-state index >= 15 is 0 Å². The standard InChI is InChI=1S/C14H20N4O2S/c1-11-4-6-13(7-5-11)21(19,20)18-9-12(16-17-15)8-14(2,3)10-18/h4-7,12H,8-10H2,1-3H3/t12-/m1/s1/i9D/t9-,12+/m0. The van der Waals surface area contributed by atoms with Crippen LogP contribution in [-0.4, -0.2) is 31.8 Å². The maximum atomic E-state index is 12.8. The van der Waals surface area contributed by atoms with Crippen LogP contribution in [0.25, 0.3) is 10.4 Å². The lowest BCUT2D eigenvalue weighted by Gasteiger charge is -2.40. The van der Waals surface area contributed by atoms with Gasteiger partial charge >= 0.3 is 0 Å². The van der Waals surface area contributed by atoms with Crippen LogP contribution in [0, 0.1) is 12.3 Å². The topological polar surface area (TPSA) is 86.1 Å². The van der Waals surface area contributed by atoms with Gasteiger partial charge in [0, 0.05) is 19.3 Å². The highest BCUT2D eigenvalue weighted by Gasteiger charge is 2.38. The normalized spacial score (nSPS) is 26.7. The van der Waals surface area contributed by atoms with Gasteiger partial charge in [0.1, 0.15) is 0 Å². The quantitative estimate of drug-likeness (QED) is 0.488. The van der Waals surface area contributed by atoms with Crippen molar-refractivity contribution in [3.63, 3.8) is 0 Å². The molecule has 1 heterocycles. The fourth-order valence-electron chi connectivity index (χ4n) is 2.50. The first-order valence-corrected chi connectivity index (χ1v) is 8.16. The molecule has 114 valence electrons. The third-order valence-electron chi connectivity index (χ3n) is 3.51. The van der Waals surface area contributed by atoms with E-state index in [1.54, 1.807) is 24.3 Å². The lowest BCUT2D eigenvalue weighted by Crippen LogP contribution is -2.48. The van der Waals surface area contributed by atoms with Gasteiger partial charge in [-0.2, -0.15) is 4.31 Å². The number of piperidine rings is 1. The lowest BCUT2D eigenvalue weighted by atomic mass is 9.83. The number of nitrogens with zero attached hydrogens (tertiary/aromatic N) is 4. The monoisotopic (exact) mass is 309 g/mol. The number of benzene rings is 1. The third-order valence-corrected chi connectivity index (χ3v) is 5.25. The van der Waals surface area contributed by atoms with Crippen molar-refractivity contribution < 1.29 is 9.79 Å². The molecule has 0 bridgehead atoms. The van der Waals surface area contributed by atoms with E-state index in [0.29, 0.717) is 6.42 Å². The number of hydrogen-bond donors (Lipinski definition) is 0. The van der Waals surface area contributed by atoms with Crippen LogP contribution in [0.3, 0.4) is 0 Å².